The SMILES string of the molecule is CCCc1ccccc1NCC(O)c1ccccc1. The molecule has 2 N–H and O–H groups in total. The van der Waals surface area contributed by atoms with Crippen LogP contribution in [0.25, 0.3) is 0 Å². The topological polar surface area (TPSA) is 32.3 Å². The number of para-hydroxylation sites is 1. The van der Waals surface area contributed by atoms with Gasteiger partial charge in [-0.2, -0.15) is 0 Å². The number of benzene rings is 2. The van der Waals surface area contributed by atoms with E-state index in [1.807, 2.05) is 36.4 Å². The highest BCUT2D eigenvalue weighted by Gasteiger charge is 2.07. The van der Waals surface area contributed by atoms with E-state index in [-0.39, 0.29) is 0 Å². The Bertz CT molecular complexity index is 496. The molecule has 0 aliphatic rings. The van der Waals surface area contributed by atoms with E-state index in [1.54, 1.807) is 0 Å². The van der Waals surface area contributed by atoms with Crippen LogP contribution in [0.1, 0.15) is 30.6 Å². The van der Waals surface area contributed by atoms with Gasteiger partial charge in [0.25, 0.3) is 0 Å². The van der Waals surface area contributed by atoms with Crippen LogP contribution in [0.2, 0.25) is 0 Å². The lowest BCUT2D eigenvalue weighted by molar-refractivity contribution is 0.191. The minimum absolute atomic E-state index is 0.476. The summed E-state index contributed by atoms with van der Waals surface area (Å²) in [7, 11) is 0. The van der Waals surface area contributed by atoms with Gasteiger partial charge in [0, 0.05) is 12.2 Å². The van der Waals surface area contributed by atoms with Gasteiger partial charge in [-0.25, -0.2) is 0 Å². The van der Waals surface area contributed by atoms with E-state index in [0.717, 1.165) is 24.1 Å². The predicted molar refractivity (Wildman–Crippen MR) is 80.3 cm³/mol. The molecule has 100 valence electrons. The molecule has 2 aromatic rings. The van der Waals surface area contributed by atoms with Crippen LogP contribution in [0.4, 0.5) is 5.69 Å². The zero-order valence-corrected chi connectivity index (χ0v) is 11.3. The first-order valence-electron chi connectivity index (χ1n) is 6.86. The number of rotatable bonds is 6. The molecule has 1 atom stereocenters. The van der Waals surface area contributed by atoms with Crippen molar-refractivity contribution in [1.29, 1.82) is 0 Å². The Hall–Kier alpha value is -1.80. The van der Waals surface area contributed by atoms with Crippen molar-refractivity contribution in [1.82, 2.24) is 0 Å². The third-order valence-corrected chi connectivity index (χ3v) is 3.21. The quantitative estimate of drug-likeness (QED) is 0.823. The van der Waals surface area contributed by atoms with Crippen LogP contribution in [-0.4, -0.2) is 11.7 Å². The molecule has 1 unspecified atom stereocenters. The van der Waals surface area contributed by atoms with Crippen LogP contribution in [0.5, 0.6) is 0 Å². The first-order valence-corrected chi connectivity index (χ1v) is 6.86. The van der Waals surface area contributed by atoms with Gasteiger partial charge in [0.05, 0.1) is 6.10 Å². The molecule has 0 saturated heterocycles. The third-order valence-electron chi connectivity index (χ3n) is 3.21. The molecule has 0 spiro atoms. The Morgan fingerprint density at radius 3 is 2.42 bits per heavy atom. The number of aryl methyl sites for hydroxylation is 1. The fourth-order valence-electron chi connectivity index (χ4n) is 2.18. The monoisotopic (exact) mass is 255 g/mol. The van der Waals surface area contributed by atoms with Crippen molar-refractivity contribution in [2.75, 3.05) is 11.9 Å². The summed E-state index contributed by atoms with van der Waals surface area (Å²) in [6.07, 6.45) is 1.71. The van der Waals surface area contributed by atoms with Crippen molar-refractivity contribution < 1.29 is 5.11 Å². The lowest BCUT2D eigenvalue weighted by Gasteiger charge is -2.15. The van der Waals surface area contributed by atoms with Crippen molar-refractivity contribution in [3.8, 4) is 0 Å². The van der Waals surface area contributed by atoms with E-state index in [2.05, 4.69) is 30.4 Å². The summed E-state index contributed by atoms with van der Waals surface area (Å²) in [4.78, 5) is 0. The zero-order chi connectivity index (χ0) is 13.5. The Kier molecular flexibility index (Phi) is 4.99. The standard InChI is InChI=1S/C17H21NO/c1-2-8-14-9-6-7-12-16(14)18-13-17(19)15-10-4-3-5-11-15/h3-7,9-12,17-19H,2,8,13H2,1H3. The van der Waals surface area contributed by atoms with Crippen LogP contribution in [0.15, 0.2) is 54.6 Å². The molecule has 0 aliphatic carbocycles. The first-order chi connectivity index (χ1) is 9.31. The summed E-state index contributed by atoms with van der Waals surface area (Å²) in [5.41, 5.74) is 3.38. The number of anilines is 1. The molecular weight excluding hydrogens is 234 g/mol. The smallest absolute Gasteiger partial charge is 0.0962 e. The fourth-order valence-corrected chi connectivity index (χ4v) is 2.18. The normalized spacial score (nSPS) is 12.1. The van der Waals surface area contributed by atoms with Gasteiger partial charge in [-0.05, 0) is 23.6 Å². The maximum atomic E-state index is 10.1. The summed E-state index contributed by atoms with van der Waals surface area (Å²) in [5.74, 6) is 0. The number of hydrogen-bond acceptors (Lipinski definition) is 2. The minimum atomic E-state index is -0.476. The number of nitrogens with one attached hydrogen (secondary N) is 1. The van der Waals surface area contributed by atoms with Crippen molar-refractivity contribution in [2.24, 2.45) is 0 Å². The lowest BCUT2D eigenvalue weighted by atomic mass is 10.1. The zero-order valence-electron chi connectivity index (χ0n) is 11.3. The van der Waals surface area contributed by atoms with Crippen molar-refractivity contribution in [2.45, 2.75) is 25.9 Å². The number of hydrogen-bond donors (Lipinski definition) is 2. The second-order valence-electron chi connectivity index (χ2n) is 4.71. The third kappa shape index (κ3) is 3.83. The Labute approximate surface area is 115 Å². The molecule has 0 amide bonds. The highest BCUT2D eigenvalue weighted by molar-refractivity contribution is 5.51. The first kappa shape index (κ1) is 13.6. The second kappa shape index (κ2) is 6.95. The molecule has 0 aliphatic heterocycles. The minimum Gasteiger partial charge on any atom is -0.387 e. The van der Waals surface area contributed by atoms with Crippen LogP contribution in [0.3, 0.4) is 0 Å². The maximum absolute atomic E-state index is 10.1. The predicted octanol–water partition coefficient (Wildman–Crippen LogP) is 3.78. The van der Waals surface area contributed by atoms with E-state index in [1.165, 1.54) is 5.56 Å². The average molecular weight is 255 g/mol. The van der Waals surface area contributed by atoms with E-state index in [4.69, 9.17) is 0 Å². The summed E-state index contributed by atoms with van der Waals surface area (Å²) in [6.45, 7) is 2.71. The van der Waals surface area contributed by atoms with Gasteiger partial charge >= 0.3 is 0 Å². The van der Waals surface area contributed by atoms with Crippen molar-refractivity contribution >= 4 is 5.69 Å². The van der Waals surface area contributed by atoms with E-state index >= 15 is 0 Å². The summed E-state index contributed by atoms with van der Waals surface area (Å²) in [6, 6.07) is 18.0. The summed E-state index contributed by atoms with van der Waals surface area (Å²) in [5, 5.41) is 13.5. The molecule has 2 rings (SSSR count). The van der Waals surface area contributed by atoms with Crippen LogP contribution >= 0.6 is 0 Å². The average Bonchev–Trinajstić information content (AvgIpc) is 2.47. The molecule has 0 aromatic heterocycles. The molecule has 0 heterocycles. The summed E-state index contributed by atoms with van der Waals surface area (Å²) < 4.78 is 0. The Balaban J connectivity index is 1.99. The van der Waals surface area contributed by atoms with Gasteiger partial charge in [0.2, 0.25) is 0 Å². The Morgan fingerprint density at radius 2 is 1.68 bits per heavy atom. The van der Waals surface area contributed by atoms with E-state index < -0.39 is 6.10 Å². The van der Waals surface area contributed by atoms with E-state index in [0.29, 0.717) is 6.54 Å². The highest BCUT2D eigenvalue weighted by atomic mass is 16.3. The van der Waals surface area contributed by atoms with Crippen LogP contribution in [0, 0.1) is 0 Å². The molecule has 0 bridgehead atoms. The van der Waals surface area contributed by atoms with Gasteiger partial charge in [0.1, 0.15) is 0 Å². The van der Waals surface area contributed by atoms with Gasteiger partial charge in [-0.15, -0.1) is 0 Å². The number of aliphatic hydroxyl groups is 1. The van der Waals surface area contributed by atoms with Crippen LogP contribution in [-0.2, 0) is 6.42 Å². The second-order valence-corrected chi connectivity index (χ2v) is 4.71. The largest absolute Gasteiger partial charge is 0.387 e. The molecule has 0 saturated carbocycles. The molecular formula is C17H21NO. The summed E-state index contributed by atoms with van der Waals surface area (Å²) >= 11 is 0. The number of aliphatic hydroxyl groups excluding tert-OH is 1. The molecule has 0 fully saturated rings. The van der Waals surface area contributed by atoms with Crippen molar-refractivity contribution in [3.05, 3.63) is 65.7 Å². The molecule has 2 nitrogen and oxygen atoms in total. The molecule has 19 heavy (non-hydrogen) atoms. The van der Waals surface area contributed by atoms with Gasteiger partial charge < -0.3 is 10.4 Å². The van der Waals surface area contributed by atoms with Gasteiger partial charge in [-0.1, -0.05) is 61.9 Å². The fraction of sp³-hybridized carbons (Fsp3) is 0.294. The molecule has 0 radical (unpaired) electrons. The molecule has 2 aromatic carbocycles. The maximum Gasteiger partial charge on any atom is 0.0962 e. The highest BCUT2D eigenvalue weighted by Crippen LogP contribution is 2.19. The van der Waals surface area contributed by atoms with E-state index in [9.17, 15) is 5.11 Å². The van der Waals surface area contributed by atoms with Gasteiger partial charge in [0.15, 0.2) is 0 Å². The van der Waals surface area contributed by atoms with Gasteiger partial charge in [-0.3, -0.25) is 0 Å². The lowest BCUT2D eigenvalue weighted by Crippen LogP contribution is -2.13. The van der Waals surface area contributed by atoms with Crippen LogP contribution < -0.4 is 5.32 Å². The van der Waals surface area contributed by atoms with Crippen molar-refractivity contribution in [3.63, 3.8) is 0 Å². The molecule has 2 heteroatoms. The Morgan fingerprint density at radius 1 is 1.00 bits per heavy atom.